The average molecular weight is 339 g/mol. The summed E-state index contributed by atoms with van der Waals surface area (Å²) in [6.07, 6.45) is 3.76. The number of carboxylic acids is 1. The van der Waals surface area contributed by atoms with Gasteiger partial charge in [0, 0.05) is 22.5 Å². The van der Waals surface area contributed by atoms with Gasteiger partial charge in [0.2, 0.25) is 0 Å². The molecule has 1 amide bonds. The second-order valence-corrected chi connectivity index (χ2v) is 6.78. The molecule has 0 radical (unpaired) electrons. The van der Waals surface area contributed by atoms with E-state index in [-0.39, 0.29) is 10.8 Å². The Hall–Kier alpha value is -2.80. The molecule has 120 valence electrons. The molecule has 1 aliphatic carbocycles. The van der Waals surface area contributed by atoms with Gasteiger partial charge in [-0.25, -0.2) is 14.8 Å². The number of carboxylic acid groups (broad SMARTS) is 1. The first kappa shape index (κ1) is 14.8. The SMILES string of the molecule is O=C(Nc1ccc2sc(C(=O)O)cc2c1)c1ccnc(C2CC2)n1. The summed E-state index contributed by atoms with van der Waals surface area (Å²) in [6.45, 7) is 0. The highest BCUT2D eigenvalue weighted by Gasteiger charge is 2.27. The van der Waals surface area contributed by atoms with Crippen molar-refractivity contribution in [1.82, 2.24) is 9.97 Å². The number of anilines is 1. The number of nitrogens with one attached hydrogen (secondary N) is 1. The normalized spacial score (nSPS) is 13.8. The molecule has 2 N–H and O–H groups in total. The Morgan fingerprint density at radius 3 is 2.79 bits per heavy atom. The van der Waals surface area contributed by atoms with E-state index in [1.807, 2.05) is 0 Å². The fraction of sp³-hybridized carbons (Fsp3) is 0.176. The minimum Gasteiger partial charge on any atom is -0.477 e. The van der Waals surface area contributed by atoms with E-state index >= 15 is 0 Å². The summed E-state index contributed by atoms with van der Waals surface area (Å²) in [4.78, 5) is 32.2. The molecule has 0 unspecified atom stereocenters. The number of hydrogen-bond donors (Lipinski definition) is 2. The number of benzene rings is 1. The van der Waals surface area contributed by atoms with Gasteiger partial charge in [-0.15, -0.1) is 11.3 Å². The Labute approximate surface area is 141 Å². The van der Waals surface area contributed by atoms with Crippen molar-refractivity contribution in [3.63, 3.8) is 0 Å². The van der Waals surface area contributed by atoms with E-state index in [1.54, 1.807) is 36.5 Å². The molecule has 2 aromatic heterocycles. The van der Waals surface area contributed by atoms with Crippen LogP contribution < -0.4 is 5.32 Å². The van der Waals surface area contributed by atoms with E-state index < -0.39 is 5.97 Å². The quantitative estimate of drug-likeness (QED) is 0.759. The summed E-state index contributed by atoms with van der Waals surface area (Å²) >= 11 is 1.21. The molecule has 24 heavy (non-hydrogen) atoms. The first-order chi connectivity index (χ1) is 11.6. The smallest absolute Gasteiger partial charge is 0.345 e. The third-order valence-corrected chi connectivity index (χ3v) is 4.94. The largest absolute Gasteiger partial charge is 0.477 e. The first-order valence-electron chi connectivity index (χ1n) is 7.51. The van der Waals surface area contributed by atoms with Crippen LogP contribution in [-0.4, -0.2) is 27.0 Å². The highest BCUT2D eigenvalue weighted by Crippen LogP contribution is 2.37. The summed E-state index contributed by atoms with van der Waals surface area (Å²) in [5.74, 6) is -0.140. The number of carbonyl (C=O) groups excluding carboxylic acids is 1. The Kier molecular flexibility index (Phi) is 3.50. The maximum atomic E-state index is 12.4. The van der Waals surface area contributed by atoms with Crippen molar-refractivity contribution >= 4 is 39.0 Å². The van der Waals surface area contributed by atoms with Crippen LogP contribution in [0.2, 0.25) is 0 Å². The predicted molar refractivity (Wildman–Crippen MR) is 90.7 cm³/mol. The summed E-state index contributed by atoms with van der Waals surface area (Å²) in [5.41, 5.74) is 0.942. The van der Waals surface area contributed by atoms with Crippen molar-refractivity contribution in [1.29, 1.82) is 0 Å². The highest BCUT2D eigenvalue weighted by molar-refractivity contribution is 7.20. The van der Waals surface area contributed by atoms with Crippen molar-refractivity contribution in [2.75, 3.05) is 5.32 Å². The molecule has 6 nitrogen and oxygen atoms in total. The van der Waals surface area contributed by atoms with Crippen molar-refractivity contribution in [2.45, 2.75) is 18.8 Å². The lowest BCUT2D eigenvalue weighted by molar-refractivity contribution is 0.0702. The summed E-state index contributed by atoms with van der Waals surface area (Å²) < 4.78 is 0.864. The highest BCUT2D eigenvalue weighted by atomic mass is 32.1. The van der Waals surface area contributed by atoms with Crippen molar-refractivity contribution in [3.8, 4) is 0 Å². The molecule has 1 saturated carbocycles. The fourth-order valence-corrected chi connectivity index (χ4v) is 3.34. The molecule has 0 bridgehead atoms. The molecule has 1 fully saturated rings. The summed E-state index contributed by atoms with van der Waals surface area (Å²) in [7, 11) is 0. The lowest BCUT2D eigenvalue weighted by atomic mass is 10.2. The standard InChI is InChI=1S/C17H13N3O3S/c21-16(12-5-6-18-15(20-12)9-1-2-9)19-11-3-4-13-10(7-11)8-14(24-13)17(22)23/h3-9H,1-2H2,(H,19,21)(H,22,23). The van der Waals surface area contributed by atoms with Gasteiger partial charge in [-0.05, 0) is 48.6 Å². The zero-order valence-electron chi connectivity index (χ0n) is 12.5. The third-order valence-electron chi connectivity index (χ3n) is 3.83. The fourth-order valence-electron chi connectivity index (χ4n) is 2.46. The first-order valence-corrected chi connectivity index (χ1v) is 8.33. The zero-order valence-corrected chi connectivity index (χ0v) is 13.3. The molecule has 1 aliphatic rings. The maximum Gasteiger partial charge on any atom is 0.345 e. The van der Waals surface area contributed by atoms with Crippen LogP contribution in [0.1, 0.15) is 44.7 Å². The van der Waals surface area contributed by atoms with E-state index in [1.165, 1.54) is 11.3 Å². The van der Waals surface area contributed by atoms with E-state index in [2.05, 4.69) is 15.3 Å². The molecular weight excluding hydrogens is 326 g/mol. The summed E-state index contributed by atoms with van der Waals surface area (Å²) in [6, 6.07) is 8.52. The Morgan fingerprint density at radius 2 is 2.04 bits per heavy atom. The van der Waals surface area contributed by atoms with Crippen LogP contribution in [0.3, 0.4) is 0 Å². The number of amides is 1. The number of hydrogen-bond acceptors (Lipinski definition) is 5. The monoisotopic (exact) mass is 339 g/mol. The number of thiophene rings is 1. The van der Waals surface area contributed by atoms with Crippen LogP contribution in [0.5, 0.6) is 0 Å². The molecule has 0 saturated heterocycles. The number of nitrogens with zero attached hydrogens (tertiary/aromatic N) is 2. The lowest BCUT2D eigenvalue weighted by Crippen LogP contribution is -2.14. The van der Waals surface area contributed by atoms with Crippen molar-refractivity contribution in [2.24, 2.45) is 0 Å². The minimum absolute atomic E-state index is 0.276. The van der Waals surface area contributed by atoms with E-state index in [0.29, 0.717) is 17.3 Å². The van der Waals surface area contributed by atoms with Crippen LogP contribution in [0, 0.1) is 0 Å². The second kappa shape index (κ2) is 5.68. The zero-order chi connectivity index (χ0) is 16.7. The maximum absolute atomic E-state index is 12.4. The third kappa shape index (κ3) is 2.85. The molecule has 4 rings (SSSR count). The van der Waals surface area contributed by atoms with Gasteiger partial charge in [0.25, 0.3) is 5.91 Å². The lowest BCUT2D eigenvalue weighted by Gasteiger charge is -2.06. The molecular formula is C17H13N3O3S. The van der Waals surface area contributed by atoms with Crippen LogP contribution in [0.25, 0.3) is 10.1 Å². The Morgan fingerprint density at radius 1 is 1.21 bits per heavy atom. The number of aromatic nitrogens is 2. The Balaban J connectivity index is 1.57. The second-order valence-electron chi connectivity index (χ2n) is 5.70. The van der Waals surface area contributed by atoms with E-state index in [9.17, 15) is 9.59 Å². The van der Waals surface area contributed by atoms with Gasteiger partial charge >= 0.3 is 5.97 Å². The van der Waals surface area contributed by atoms with Crippen LogP contribution in [0.4, 0.5) is 5.69 Å². The molecule has 2 heterocycles. The van der Waals surface area contributed by atoms with Crippen molar-refractivity contribution < 1.29 is 14.7 Å². The number of carbonyl (C=O) groups is 2. The van der Waals surface area contributed by atoms with Gasteiger partial charge in [0.05, 0.1) is 0 Å². The van der Waals surface area contributed by atoms with Crippen LogP contribution >= 0.6 is 11.3 Å². The molecule has 0 atom stereocenters. The molecule has 0 spiro atoms. The number of rotatable bonds is 4. The number of aromatic carboxylic acids is 1. The molecule has 7 heteroatoms. The van der Waals surface area contributed by atoms with Gasteiger partial charge < -0.3 is 10.4 Å². The van der Waals surface area contributed by atoms with E-state index in [4.69, 9.17) is 5.11 Å². The van der Waals surface area contributed by atoms with Gasteiger partial charge in [0.15, 0.2) is 0 Å². The van der Waals surface area contributed by atoms with Crippen LogP contribution in [-0.2, 0) is 0 Å². The van der Waals surface area contributed by atoms with Gasteiger partial charge in [-0.3, -0.25) is 4.79 Å². The van der Waals surface area contributed by atoms with Gasteiger partial charge in [-0.1, -0.05) is 0 Å². The number of fused-ring (bicyclic) bond motifs is 1. The predicted octanol–water partition coefficient (Wildman–Crippen LogP) is 3.52. The van der Waals surface area contributed by atoms with Gasteiger partial charge in [0.1, 0.15) is 16.4 Å². The van der Waals surface area contributed by atoms with Gasteiger partial charge in [-0.2, -0.15) is 0 Å². The molecule has 3 aromatic rings. The average Bonchev–Trinajstić information content (AvgIpc) is 3.34. The molecule has 1 aromatic carbocycles. The van der Waals surface area contributed by atoms with Crippen molar-refractivity contribution in [3.05, 3.63) is 52.9 Å². The van der Waals surface area contributed by atoms with Crippen LogP contribution in [0.15, 0.2) is 36.5 Å². The topological polar surface area (TPSA) is 92.2 Å². The minimum atomic E-state index is -0.949. The Bertz CT molecular complexity index is 963. The molecule has 0 aliphatic heterocycles. The summed E-state index contributed by atoms with van der Waals surface area (Å²) in [5, 5.41) is 12.6. The van der Waals surface area contributed by atoms with E-state index in [0.717, 1.165) is 28.8 Å².